The van der Waals surface area contributed by atoms with Gasteiger partial charge in [-0.2, -0.15) is 13.2 Å². The lowest BCUT2D eigenvalue weighted by Gasteiger charge is -2.18. The Morgan fingerprint density at radius 1 is 1.19 bits per heavy atom. The van der Waals surface area contributed by atoms with Gasteiger partial charge in [-0.25, -0.2) is 13.1 Å². The number of aryl methyl sites for hydroxylation is 2. The molecule has 1 aromatic rings. The highest BCUT2D eigenvalue weighted by Gasteiger charge is 2.28. The molecule has 0 unspecified atom stereocenters. The van der Waals surface area contributed by atoms with Gasteiger partial charge >= 0.3 is 6.18 Å². The average Bonchev–Trinajstić information content (AvgIpc) is 2.58. The van der Waals surface area contributed by atoms with Gasteiger partial charge in [0, 0.05) is 26.6 Å². The fourth-order valence-electron chi connectivity index (χ4n) is 2.86. The molecule has 1 aliphatic rings. The molecular weight excluding hydrogens is 369 g/mol. The minimum Gasteiger partial charge on any atom is -0.345 e. The molecule has 146 valence electrons. The van der Waals surface area contributed by atoms with Gasteiger partial charge in [-0.1, -0.05) is 6.07 Å². The molecule has 0 heterocycles. The second-order valence-corrected chi connectivity index (χ2v) is 8.23. The fourth-order valence-corrected chi connectivity index (χ4v) is 3.94. The molecule has 1 aliphatic carbocycles. The van der Waals surface area contributed by atoms with E-state index in [-0.39, 0.29) is 17.9 Å². The Labute approximate surface area is 151 Å². The minimum absolute atomic E-state index is 0.149. The number of sulfonamides is 1. The van der Waals surface area contributed by atoms with Crippen LogP contribution >= 0.6 is 0 Å². The number of nitrogens with zero attached hydrogens (tertiary/aromatic N) is 1. The summed E-state index contributed by atoms with van der Waals surface area (Å²) in [5.74, 6) is -0.539. The summed E-state index contributed by atoms with van der Waals surface area (Å²) in [6.45, 7) is -0.603. The molecule has 0 saturated carbocycles. The highest BCUT2D eigenvalue weighted by Crippen LogP contribution is 2.24. The van der Waals surface area contributed by atoms with Crippen LogP contribution in [-0.4, -0.2) is 45.5 Å². The van der Waals surface area contributed by atoms with Crippen molar-refractivity contribution in [3.63, 3.8) is 0 Å². The smallest absolute Gasteiger partial charge is 0.345 e. The molecule has 1 amide bonds. The summed E-state index contributed by atoms with van der Waals surface area (Å²) in [4.78, 5) is 12.9. The van der Waals surface area contributed by atoms with Crippen LogP contribution < -0.4 is 4.72 Å². The van der Waals surface area contributed by atoms with E-state index in [0.29, 0.717) is 0 Å². The van der Waals surface area contributed by atoms with E-state index in [9.17, 15) is 26.4 Å². The number of fused-ring (bicyclic) bond motifs is 1. The minimum atomic E-state index is -4.33. The number of nitrogens with one attached hydrogen (secondary N) is 1. The summed E-state index contributed by atoms with van der Waals surface area (Å²) in [5, 5.41) is 0. The van der Waals surface area contributed by atoms with Gasteiger partial charge in [-0.15, -0.1) is 0 Å². The molecule has 5 nitrogen and oxygen atoms in total. The summed E-state index contributed by atoms with van der Waals surface area (Å²) < 4.78 is 63.5. The van der Waals surface area contributed by atoms with Crippen LogP contribution in [0.1, 0.15) is 36.8 Å². The molecule has 0 spiro atoms. The zero-order chi connectivity index (χ0) is 19.4. The van der Waals surface area contributed by atoms with Gasteiger partial charge in [0.1, 0.15) is 0 Å². The molecule has 9 heteroatoms. The predicted molar refractivity (Wildman–Crippen MR) is 91.2 cm³/mol. The molecule has 26 heavy (non-hydrogen) atoms. The first-order chi connectivity index (χ1) is 12.1. The summed E-state index contributed by atoms with van der Waals surface area (Å²) in [7, 11) is -2.48. The van der Waals surface area contributed by atoms with E-state index in [1.165, 1.54) is 7.05 Å². The van der Waals surface area contributed by atoms with Crippen molar-refractivity contribution in [2.24, 2.45) is 0 Å². The van der Waals surface area contributed by atoms with Crippen LogP contribution in [-0.2, 0) is 27.7 Å². The monoisotopic (exact) mass is 392 g/mol. The maximum absolute atomic E-state index is 12.3. The number of hydrogen-bond acceptors (Lipinski definition) is 3. The van der Waals surface area contributed by atoms with E-state index >= 15 is 0 Å². The van der Waals surface area contributed by atoms with Gasteiger partial charge < -0.3 is 4.90 Å². The van der Waals surface area contributed by atoms with Crippen molar-refractivity contribution in [3.8, 4) is 0 Å². The second kappa shape index (κ2) is 8.39. The van der Waals surface area contributed by atoms with Crippen molar-refractivity contribution in [3.05, 3.63) is 29.3 Å². The zero-order valence-corrected chi connectivity index (χ0v) is 15.4. The second-order valence-electron chi connectivity index (χ2n) is 6.47. The zero-order valence-electron chi connectivity index (χ0n) is 14.6. The number of alkyl halides is 3. The Bertz CT molecular complexity index is 748. The first kappa shape index (κ1) is 20.7. The number of carbonyl (C=O) groups excluding carboxylic acids is 1. The number of carbonyl (C=O) groups is 1. The van der Waals surface area contributed by atoms with Crippen molar-refractivity contribution in [1.82, 2.24) is 9.62 Å². The normalized spacial score (nSPS) is 14.8. The molecule has 0 aliphatic heterocycles. The van der Waals surface area contributed by atoms with Gasteiger partial charge in [0.2, 0.25) is 15.9 Å². The Morgan fingerprint density at radius 3 is 2.50 bits per heavy atom. The lowest BCUT2D eigenvalue weighted by Crippen LogP contribution is -2.34. The first-order valence-corrected chi connectivity index (χ1v) is 9.99. The van der Waals surface area contributed by atoms with Gasteiger partial charge in [0.05, 0.1) is 11.3 Å². The molecule has 2 rings (SSSR count). The average molecular weight is 392 g/mol. The molecule has 0 fully saturated rings. The number of hydrogen-bond donors (Lipinski definition) is 1. The first-order valence-electron chi connectivity index (χ1n) is 8.51. The molecule has 0 bridgehead atoms. The number of rotatable bonds is 7. The van der Waals surface area contributed by atoms with E-state index in [1.54, 1.807) is 12.1 Å². The highest BCUT2D eigenvalue weighted by atomic mass is 32.2. The third-order valence-electron chi connectivity index (χ3n) is 4.42. The Morgan fingerprint density at radius 2 is 1.85 bits per heavy atom. The highest BCUT2D eigenvalue weighted by molar-refractivity contribution is 7.89. The molecular formula is C17H23F3N2O3S. The lowest BCUT2D eigenvalue weighted by atomic mass is 9.92. The number of benzene rings is 1. The van der Waals surface area contributed by atoms with Crippen molar-refractivity contribution in [2.45, 2.75) is 49.6 Å². The van der Waals surface area contributed by atoms with Crippen molar-refractivity contribution in [1.29, 1.82) is 0 Å². The quantitative estimate of drug-likeness (QED) is 0.776. The van der Waals surface area contributed by atoms with Gasteiger partial charge in [0.15, 0.2) is 0 Å². The van der Waals surface area contributed by atoms with Crippen LogP contribution in [0, 0.1) is 0 Å². The van der Waals surface area contributed by atoms with Crippen LogP contribution in [0.25, 0.3) is 0 Å². The predicted octanol–water partition coefficient (Wildman–Crippen LogP) is 2.64. The van der Waals surface area contributed by atoms with Crippen LogP contribution in [0.2, 0.25) is 0 Å². The SMILES string of the molecule is CN(CCC(F)(F)F)C(=O)CCNS(=O)(=O)c1ccc2c(c1)CCCC2. The molecule has 0 aromatic heterocycles. The van der Waals surface area contributed by atoms with Crippen LogP contribution in [0.4, 0.5) is 13.2 Å². The topological polar surface area (TPSA) is 66.5 Å². The molecule has 0 radical (unpaired) electrons. The molecule has 1 aromatic carbocycles. The van der Waals surface area contributed by atoms with Crippen LogP contribution in [0.5, 0.6) is 0 Å². The molecule has 0 saturated heterocycles. The van der Waals surface area contributed by atoms with E-state index in [0.717, 1.165) is 41.7 Å². The maximum Gasteiger partial charge on any atom is 0.390 e. The Balaban J connectivity index is 1.87. The van der Waals surface area contributed by atoms with Crippen LogP contribution in [0.3, 0.4) is 0 Å². The number of halogens is 3. The Hall–Kier alpha value is -1.61. The summed E-state index contributed by atoms with van der Waals surface area (Å²) in [6, 6.07) is 5.02. The van der Waals surface area contributed by atoms with Crippen molar-refractivity contribution in [2.75, 3.05) is 20.1 Å². The van der Waals surface area contributed by atoms with E-state index in [4.69, 9.17) is 0 Å². The van der Waals surface area contributed by atoms with Gasteiger partial charge in [-0.05, 0) is 48.9 Å². The third-order valence-corrected chi connectivity index (χ3v) is 5.88. The summed E-state index contributed by atoms with van der Waals surface area (Å²) in [5.41, 5.74) is 2.19. The number of amides is 1. The van der Waals surface area contributed by atoms with Crippen LogP contribution in [0.15, 0.2) is 23.1 Å². The third kappa shape index (κ3) is 5.98. The van der Waals surface area contributed by atoms with E-state index < -0.39 is 35.1 Å². The van der Waals surface area contributed by atoms with E-state index in [1.807, 2.05) is 6.07 Å². The van der Waals surface area contributed by atoms with Gasteiger partial charge in [-0.3, -0.25) is 4.79 Å². The van der Waals surface area contributed by atoms with Gasteiger partial charge in [0.25, 0.3) is 0 Å². The standard InChI is InChI=1S/C17H23F3N2O3S/c1-22(11-9-17(18,19)20)16(23)8-10-21-26(24,25)15-7-6-13-4-2-3-5-14(13)12-15/h6-7,12,21H,2-5,8-11H2,1H3. The fraction of sp³-hybridized carbons (Fsp3) is 0.588. The molecule has 1 N–H and O–H groups in total. The van der Waals surface area contributed by atoms with E-state index in [2.05, 4.69) is 4.72 Å². The largest absolute Gasteiger partial charge is 0.390 e. The summed E-state index contributed by atoms with van der Waals surface area (Å²) in [6.07, 6.45) is -1.69. The lowest BCUT2D eigenvalue weighted by molar-refractivity contribution is -0.143. The Kier molecular flexibility index (Phi) is 6.68. The van der Waals surface area contributed by atoms with Crippen molar-refractivity contribution >= 4 is 15.9 Å². The van der Waals surface area contributed by atoms with Crippen molar-refractivity contribution < 1.29 is 26.4 Å². The summed E-state index contributed by atoms with van der Waals surface area (Å²) >= 11 is 0. The molecule has 0 atom stereocenters. The maximum atomic E-state index is 12.3.